The summed E-state index contributed by atoms with van der Waals surface area (Å²) in [5, 5.41) is 5.55. The molecule has 2 rings (SSSR count). The van der Waals surface area contributed by atoms with E-state index in [9.17, 15) is 0 Å². The van der Waals surface area contributed by atoms with E-state index < -0.39 is 0 Å². The lowest BCUT2D eigenvalue weighted by Gasteiger charge is -1.95. The van der Waals surface area contributed by atoms with Crippen LogP contribution >= 0.6 is 11.3 Å². The molecule has 2 heteroatoms. The fourth-order valence-corrected chi connectivity index (χ4v) is 2.57. The van der Waals surface area contributed by atoms with Gasteiger partial charge in [0.05, 0.1) is 0 Å². The maximum atomic E-state index is 3.24. The fraction of sp³-hybridized carbons (Fsp3) is 0.600. The molecular formula is C10H15NS. The Kier molecular flexibility index (Phi) is 2.20. The van der Waals surface area contributed by atoms with Gasteiger partial charge in [-0.3, -0.25) is 0 Å². The highest BCUT2D eigenvalue weighted by molar-refractivity contribution is 7.10. The fourth-order valence-electron chi connectivity index (χ4n) is 1.80. The molecule has 0 bridgehead atoms. The first-order valence-corrected chi connectivity index (χ1v) is 5.39. The van der Waals surface area contributed by atoms with Crippen molar-refractivity contribution in [1.29, 1.82) is 0 Å². The van der Waals surface area contributed by atoms with E-state index in [0.717, 1.165) is 11.8 Å². The quantitative estimate of drug-likeness (QED) is 0.755. The summed E-state index contributed by atoms with van der Waals surface area (Å²) in [6, 6.07) is 2.34. The lowest BCUT2D eigenvalue weighted by Crippen LogP contribution is -2.09. The summed E-state index contributed by atoms with van der Waals surface area (Å²) in [7, 11) is 2.04. The Morgan fingerprint density at radius 2 is 2.50 bits per heavy atom. The van der Waals surface area contributed by atoms with Crippen LogP contribution < -0.4 is 5.32 Å². The maximum absolute atomic E-state index is 3.24. The zero-order chi connectivity index (χ0) is 8.55. The van der Waals surface area contributed by atoms with E-state index >= 15 is 0 Å². The monoisotopic (exact) mass is 181 g/mol. The van der Waals surface area contributed by atoms with Crippen LogP contribution in [0.3, 0.4) is 0 Å². The summed E-state index contributed by atoms with van der Waals surface area (Å²) in [4.78, 5) is 1.44. The molecule has 1 saturated carbocycles. The summed E-state index contributed by atoms with van der Waals surface area (Å²) < 4.78 is 0. The minimum Gasteiger partial charge on any atom is -0.319 e. The van der Waals surface area contributed by atoms with Crippen molar-refractivity contribution in [3.05, 3.63) is 21.9 Å². The van der Waals surface area contributed by atoms with Gasteiger partial charge in [-0.05, 0) is 55.8 Å². The van der Waals surface area contributed by atoms with Crippen LogP contribution in [0.25, 0.3) is 0 Å². The molecule has 1 fully saturated rings. The Bertz CT molecular complexity index is 267. The van der Waals surface area contributed by atoms with Gasteiger partial charge in [-0.25, -0.2) is 0 Å². The van der Waals surface area contributed by atoms with Crippen molar-refractivity contribution in [3.63, 3.8) is 0 Å². The Morgan fingerprint density at radius 3 is 3.08 bits per heavy atom. The molecule has 2 atom stereocenters. The van der Waals surface area contributed by atoms with Gasteiger partial charge in [0, 0.05) is 4.88 Å². The molecule has 0 radical (unpaired) electrons. The molecule has 1 N–H and O–H groups in total. The third kappa shape index (κ3) is 1.54. The number of thiophene rings is 1. The first-order valence-electron chi connectivity index (χ1n) is 4.51. The van der Waals surface area contributed by atoms with Gasteiger partial charge in [0.2, 0.25) is 0 Å². The SMILES string of the molecule is CNCC1CC1c1csc(C)c1. The van der Waals surface area contributed by atoms with Crippen LogP contribution in [0.5, 0.6) is 0 Å². The average Bonchev–Trinajstić information content (AvgIpc) is 2.67. The summed E-state index contributed by atoms with van der Waals surface area (Å²) in [6.07, 6.45) is 1.39. The Morgan fingerprint density at radius 1 is 1.67 bits per heavy atom. The Balaban J connectivity index is 1.96. The van der Waals surface area contributed by atoms with E-state index in [2.05, 4.69) is 23.7 Å². The van der Waals surface area contributed by atoms with Gasteiger partial charge in [-0.15, -0.1) is 11.3 Å². The van der Waals surface area contributed by atoms with Gasteiger partial charge < -0.3 is 5.32 Å². The first-order chi connectivity index (χ1) is 5.81. The van der Waals surface area contributed by atoms with Gasteiger partial charge in [-0.1, -0.05) is 0 Å². The van der Waals surface area contributed by atoms with Crippen LogP contribution in [-0.4, -0.2) is 13.6 Å². The van der Waals surface area contributed by atoms with Crippen LogP contribution in [0.1, 0.15) is 22.8 Å². The van der Waals surface area contributed by atoms with Crippen LogP contribution in [0, 0.1) is 12.8 Å². The number of aryl methyl sites for hydroxylation is 1. The van der Waals surface area contributed by atoms with Crippen molar-refractivity contribution in [3.8, 4) is 0 Å². The van der Waals surface area contributed by atoms with Gasteiger partial charge in [0.15, 0.2) is 0 Å². The summed E-state index contributed by atoms with van der Waals surface area (Å²) >= 11 is 1.87. The van der Waals surface area contributed by atoms with E-state index in [1.807, 2.05) is 18.4 Å². The summed E-state index contributed by atoms with van der Waals surface area (Å²) in [5.74, 6) is 1.77. The van der Waals surface area contributed by atoms with E-state index in [4.69, 9.17) is 0 Å². The molecule has 66 valence electrons. The average molecular weight is 181 g/mol. The van der Waals surface area contributed by atoms with E-state index in [-0.39, 0.29) is 0 Å². The maximum Gasteiger partial charge on any atom is 0.00171 e. The molecular weight excluding hydrogens is 166 g/mol. The molecule has 2 unspecified atom stereocenters. The second-order valence-electron chi connectivity index (χ2n) is 3.65. The first kappa shape index (κ1) is 8.27. The van der Waals surface area contributed by atoms with Crippen molar-refractivity contribution < 1.29 is 0 Å². The van der Waals surface area contributed by atoms with Crippen LogP contribution in [-0.2, 0) is 0 Å². The summed E-state index contributed by atoms with van der Waals surface area (Å²) in [6.45, 7) is 3.36. The Labute approximate surface area is 77.8 Å². The summed E-state index contributed by atoms with van der Waals surface area (Å²) in [5.41, 5.74) is 1.57. The third-order valence-electron chi connectivity index (χ3n) is 2.57. The predicted molar refractivity (Wildman–Crippen MR) is 53.8 cm³/mol. The van der Waals surface area contributed by atoms with Crippen LogP contribution in [0.4, 0.5) is 0 Å². The van der Waals surface area contributed by atoms with Crippen molar-refractivity contribution in [1.82, 2.24) is 5.32 Å². The molecule has 12 heavy (non-hydrogen) atoms. The van der Waals surface area contributed by atoms with Gasteiger partial charge in [0.1, 0.15) is 0 Å². The molecule has 0 aromatic carbocycles. The number of hydrogen-bond acceptors (Lipinski definition) is 2. The zero-order valence-corrected chi connectivity index (χ0v) is 8.45. The Hall–Kier alpha value is -0.340. The highest BCUT2D eigenvalue weighted by Gasteiger charge is 2.37. The van der Waals surface area contributed by atoms with Crippen molar-refractivity contribution in [2.45, 2.75) is 19.3 Å². The highest BCUT2D eigenvalue weighted by Crippen LogP contribution is 2.47. The lowest BCUT2D eigenvalue weighted by atomic mass is 10.2. The second kappa shape index (κ2) is 3.19. The number of rotatable bonds is 3. The second-order valence-corrected chi connectivity index (χ2v) is 4.77. The van der Waals surface area contributed by atoms with Gasteiger partial charge in [0.25, 0.3) is 0 Å². The molecule has 1 aliphatic rings. The largest absolute Gasteiger partial charge is 0.319 e. The van der Waals surface area contributed by atoms with Gasteiger partial charge >= 0.3 is 0 Å². The normalized spacial score (nSPS) is 27.5. The molecule has 0 aliphatic heterocycles. The molecule has 1 nitrogen and oxygen atoms in total. The van der Waals surface area contributed by atoms with Crippen LogP contribution in [0.2, 0.25) is 0 Å². The molecule has 1 aromatic heterocycles. The third-order valence-corrected chi connectivity index (χ3v) is 3.45. The topological polar surface area (TPSA) is 12.0 Å². The number of nitrogens with one attached hydrogen (secondary N) is 1. The zero-order valence-electron chi connectivity index (χ0n) is 7.63. The molecule has 0 spiro atoms. The minimum absolute atomic E-state index is 0.863. The lowest BCUT2D eigenvalue weighted by molar-refractivity contribution is 0.699. The van der Waals surface area contributed by atoms with E-state index in [0.29, 0.717) is 0 Å². The van der Waals surface area contributed by atoms with Crippen LogP contribution in [0.15, 0.2) is 11.4 Å². The highest BCUT2D eigenvalue weighted by atomic mass is 32.1. The van der Waals surface area contributed by atoms with Crippen molar-refractivity contribution in [2.24, 2.45) is 5.92 Å². The van der Waals surface area contributed by atoms with E-state index in [1.54, 1.807) is 5.56 Å². The standard InChI is InChI=1S/C10H15NS/c1-7-3-9(6-12-7)10-4-8(10)5-11-2/h3,6,8,10-11H,4-5H2,1-2H3. The molecule has 1 aliphatic carbocycles. The van der Waals surface area contributed by atoms with E-state index in [1.165, 1.54) is 17.8 Å². The van der Waals surface area contributed by atoms with Crippen molar-refractivity contribution in [2.75, 3.05) is 13.6 Å². The predicted octanol–water partition coefficient (Wildman–Crippen LogP) is 2.38. The smallest absolute Gasteiger partial charge is 0.00171 e. The minimum atomic E-state index is 0.863. The molecule has 1 aromatic rings. The number of hydrogen-bond donors (Lipinski definition) is 1. The molecule has 1 heterocycles. The van der Waals surface area contributed by atoms with Crippen molar-refractivity contribution >= 4 is 11.3 Å². The molecule has 0 amide bonds. The molecule has 0 saturated heterocycles. The van der Waals surface area contributed by atoms with Gasteiger partial charge in [-0.2, -0.15) is 0 Å².